The molecule has 0 atom stereocenters. The van der Waals surface area contributed by atoms with Gasteiger partial charge in [-0.3, -0.25) is 9.20 Å². The molecule has 26 heavy (non-hydrogen) atoms. The first kappa shape index (κ1) is 18.7. The van der Waals surface area contributed by atoms with E-state index >= 15 is 0 Å². The van der Waals surface area contributed by atoms with Gasteiger partial charge in [-0.1, -0.05) is 0 Å². The van der Waals surface area contributed by atoms with Gasteiger partial charge in [0.05, 0.1) is 17.4 Å². The molecule has 0 unspecified atom stereocenters. The molecule has 3 N–H and O–H groups in total. The highest BCUT2D eigenvalue weighted by molar-refractivity contribution is 5.89. The molecule has 140 valence electrons. The van der Waals surface area contributed by atoms with E-state index in [9.17, 15) is 19.1 Å². The number of rotatable bonds is 4. The zero-order valence-corrected chi connectivity index (χ0v) is 15.2. The third kappa shape index (κ3) is 2.75. The number of hydrogen-bond acceptors (Lipinski definition) is 4. The van der Waals surface area contributed by atoms with E-state index in [4.69, 9.17) is 5.73 Å². The van der Waals surface area contributed by atoms with Gasteiger partial charge in [0, 0.05) is 19.0 Å². The number of nitrogens with two attached hydrogens (primary N) is 1. The zero-order valence-electron chi connectivity index (χ0n) is 14.4. The molecule has 0 spiro atoms. The lowest BCUT2D eigenvalue weighted by Crippen LogP contribution is -2.50. The van der Waals surface area contributed by atoms with Crippen molar-refractivity contribution < 1.29 is 14.3 Å². The van der Waals surface area contributed by atoms with E-state index in [0.29, 0.717) is 42.3 Å². The molecule has 6 nitrogen and oxygen atoms in total. The fourth-order valence-electron chi connectivity index (χ4n) is 3.79. The van der Waals surface area contributed by atoms with Crippen molar-refractivity contribution in [3.05, 3.63) is 45.1 Å². The highest BCUT2D eigenvalue weighted by Crippen LogP contribution is 2.44. The van der Waals surface area contributed by atoms with Crippen molar-refractivity contribution in [1.82, 2.24) is 4.40 Å². The van der Waals surface area contributed by atoms with E-state index in [1.165, 1.54) is 10.5 Å². The summed E-state index contributed by atoms with van der Waals surface area (Å²) in [6, 6.07) is 1.48. The molecule has 4 rings (SSSR count). The minimum atomic E-state index is -1.28. The first-order valence-electron chi connectivity index (χ1n) is 8.49. The van der Waals surface area contributed by atoms with Gasteiger partial charge in [-0.2, -0.15) is 0 Å². The number of nitrogens with zero attached hydrogens (tertiary/aromatic N) is 2. The number of aromatic nitrogens is 1. The summed E-state index contributed by atoms with van der Waals surface area (Å²) in [5.74, 6) is -1.20. The lowest BCUT2D eigenvalue weighted by molar-refractivity contribution is 0.0694. The molecule has 0 amide bonds. The van der Waals surface area contributed by atoms with Crippen molar-refractivity contribution in [2.24, 2.45) is 11.7 Å². The van der Waals surface area contributed by atoms with E-state index in [1.54, 1.807) is 6.92 Å². The van der Waals surface area contributed by atoms with Gasteiger partial charge >= 0.3 is 5.97 Å². The van der Waals surface area contributed by atoms with Crippen molar-refractivity contribution in [3.8, 4) is 0 Å². The predicted molar refractivity (Wildman–Crippen MR) is 99.3 cm³/mol. The molecule has 0 aromatic carbocycles. The summed E-state index contributed by atoms with van der Waals surface area (Å²) >= 11 is 0. The molecule has 0 radical (unpaired) electrons. The third-order valence-electron chi connectivity index (χ3n) is 5.30. The normalized spacial score (nSPS) is 17.1. The molecule has 8 heteroatoms. The molecular weight excluding hydrogens is 361 g/mol. The van der Waals surface area contributed by atoms with Crippen molar-refractivity contribution >= 4 is 29.6 Å². The van der Waals surface area contributed by atoms with Crippen LogP contribution in [0, 0.1) is 18.7 Å². The number of carbonyl (C=O) groups is 1. The Bertz CT molecular complexity index is 949. The maximum absolute atomic E-state index is 14.8. The van der Waals surface area contributed by atoms with Crippen molar-refractivity contribution in [2.75, 3.05) is 24.5 Å². The van der Waals surface area contributed by atoms with Gasteiger partial charge < -0.3 is 15.7 Å². The fourth-order valence-corrected chi connectivity index (χ4v) is 3.79. The molecule has 0 bridgehead atoms. The standard InChI is InChI=1S/C18H20FN3O3.ClH/c1-9-15-12(11-2-3-11)4-13(18(24)25)17(23)22(15)8-14(19)16(9)21-6-10(5-20)7-21;/h4,8,10-11H,2-3,5-7,20H2,1H3,(H,24,25);1H. The van der Waals surface area contributed by atoms with Gasteiger partial charge in [0.15, 0.2) is 5.82 Å². The highest BCUT2D eigenvalue weighted by Gasteiger charge is 2.33. The first-order chi connectivity index (χ1) is 11.9. The third-order valence-corrected chi connectivity index (χ3v) is 5.30. The maximum Gasteiger partial charge on any atom is 0.341 e. The van der Waals surface area contributed by atoms with Gasteiger partial charge in [0.25, 0.3) is 5.56 Å². The van der Waals surface area contributed by atoms with Gasteiger partial charge in [-0.15, -0.1) is 12.4 Å². The number of carboxylic acid groups (broad SMARTS) is 1. The van der Waals surface area contributed by atoms with Crippen LogP contribution in [0.3, 0.4) is 0 Å². The second-order valence-electron chi connectivity index (χ2n) is 7.07. The quantitative estimate of drug-likeness (QED) is 0.847. The van der Waals surface area contributed by atoms with Crippen molar-refractivity contribution in [1.29, 1.82) is 0 Å². The van der Waals surface area contributed by atoms with Crippen LogP contribution in [-0.4, -0.2) is 35.1 Å². The fraction of sp³-hybridized carbons (Fsp3) is 0.444. The second-order valence-corrected chi connectivity index (χ2v) is 7.07. The molecule has 1 aliphatic carbocycles. The Morgan fingerprint density at radius 2 is 2.04 bits per heavy atom. The Labute approximate surface area is 155 Å². The molecule has 1 aliphatic heterocycles. The minimum Gasteiger partial charge on any atom is -0.477 e. The van der Waals surface area contributed by atoms with Crippen LogP contribution in [0.2, 0.25) is 0 Å². The Morgan fingerprint density at radius 3 is 2.58 bits per heavy atom. The Morgan fingerprint density at radius 1 is 1.38 bits per heavy atom. The number of aromatic carboxylic acids is 1. The topological polar surface area (TPSA) is 88.0 Å². The summed E-state index contributed by atoms with van der Waals surface area (Å²) in [6.07, 6.45) is 3.05. The summed E-state index contributed by atoms with van der Waals surface area (Å²) in [5.41, 5.74) is 7.31. The summed E-state index contributed by atoms with van der Waals surface area (Å²) < 4.78 is 15.9. The highest BCUT2D eigenvalue weighted by atomic mass is 35.5. The number of fused-ring (bicyclic) bond motifs is 1. The summed E-state index contributed by atoms with van der Waals surface area (Å²) in [7, 11) is 0. The van der Waals surface area contributed by atoms with Crippen LogP contribution in [0.1, 0.15) is 40.2 Å². The second kappa shape index (κ2) is 6.55. The van der Waals surface area contributed by atoms with Crippen LogP contribution < -0.4 is 16.2 Å². The number of carboxylic acids is 1. The van der Waals surface area contributed by atoms with Gasteiger partial charge in [-0.05, 0) is 49.4 Å². The van der Waals surface area contributed by atoms with Gasteiger partial charge in [-0.25, -0.2) is 9.18 Å². The van der Waals surface area contributed by atoms with E-state index in [-0.39, 0.29) is 23.9 Å². The van der Waals surface area contributed by atoms with Gasteiger partial charge in [0.1, 0.15) is 5.56 Å². The van der Waals surface area contributed by atoms with Crippen molar-refractivity contribution in [3.63, 3.8) is 0 Å². The average molecular weight is 382 g/mol. The molecule has 1 saturated heterocycles. The van der Waals surface area contributed by atoms with Crippen LogP contribution in [0.15, 0.2) is 17.1 Å². The lowest BCUT2D eigenvalue weighted by Gasteiger charge is -2.41. The SMILES string of the molecule is Cc1c(N2CC(CN)C2)c(F)cn2c(=O)c(C(=O)O)cc(C3CC3)c12.Cl. The van der Waals surface area contributed by atoms with Crippen LogP contribution in [0.5, 0.6) is 0 Å². The lowest BCUT2D eigenvalue weighted by atomic mass is 9.96. The Hall–Kier alpha value is -2.12. The number of halogens is 2. The molecule has 3 heterocycles. The molecule has 2 aromatic heterocycles. The summed E-state index contributed by atoms with van der Waals surface area (Å²) in [4.78, 5) is 25.9. The van der Waals surface area contributed by atoms with E-state index in [2.05, 4.69) is 0 Å². The van der Waals surface area contributed by atoms with E-state index in [1.807, 2.05) is 4.90 Å². The zero-order chi connectivity index (χ0) is 17.9. The smallest absolute Gasteiger partial charge is 0.341 e. The summed E-state index contributed by atoms with van der Waals surface area (Å²) in [6.45, 7) is 3.76. The monoisotopic (exact) mass is 381 g/mol. The molecule has 2 aromatic rings. The van der Waals surface area contributed by atoms with Crippen LogP contribution in [0.25, 0.3) is 5.52 Å². The molecular formula is C18H21ClFN3O3. The number of anilines is 1. The number of pyridine rings is 2. The Balaban J connectivity index is 0.00000196. The Kier molecular flexibility index (Phi) is 4.71. The van der Waals surface area contributed by atoms with E-state index in [0.717, 1.165) is 24.6 Å². The van der Waals surface area contributed by atoms with Crippen LogP contribution >= 0.6 is 12.4 Å². The van der Waals surface area contributed by atoms with Crippen LogP contribution in [0.4, 0.5) is 10.1 Å². The predicted octanol–water partition coefficient (Wildman–Crippen LogP) is 2.14. The number of aryl methyl sites for hydroxylation is 1. The minimum absolute atomic E-state index is 0. The van der Waals surface area contributed by atoms with Crippen LogP contribution in [-0.2, 0) is 0 Å². The van der Waals surface area contributed by atoms with Crippen molar-refractivity contribution in [2.45, 2.75) is 25.7 Å². The average Bonchev–Trinajstić information content (AvgIpc) is 3.34. The number of hydrogen-bond donors (Lipinski definition) is 2. The van der Waals surface area contributed by atoms with Gasteiger partial charge in [0.2, 0.25) is 0 Å². The molecule has 2 aliphatic rings. The summed E-state index contributed by atoms with van der Waals surface area (Å²) in [5, 5.41) is 9.31. The maximum atomic E-state index is 14.8. The van der Waals surface area contributed by atoms with E-state index < -0.39 is 17.3 Å². The first-order valence-corrected chi connectivity index (χ1v) is 8.49. The molecule has 1 saturated carbocycles. The molecule has 2 fully saturated rings. The largest absolute Gasteiger partial charge is 0.477 e.